The van der Waals surface area contributed by atoms with E-state index in [2.05, 4.69) is 24.5 Å². The fourth-order valence-corrected chi connectivity index (χ4v) is 2.98. The first kappa shape index (κ1) is 19.4. The summed E-state index contributed by atoms with van der Waals surface area (Å²) in [7, 11) is 0. The number of benzene rings is 2. The van der Waals surface area contributed by atoms with E-state index in [4.69, 9.17) is 4.42 Å². The molecule has 2 N–H and O–H groups in total. The van der Waals surface area contributed by atoms with Crippen molar-refractivity contribution in [1.29, 1.82) is 0 Å². The van der Waals surface area contributed by atoms with Gasteiger partial charge < -0.3 is 15.1 Å². The molecule has 0 aliphatic heterocycles. The van der Waals surface area contributed by atoms with E-state index in [1.807, 2.05) is 25.1 Å². The number of para-hydroxylation sites is 1. The first-order valence-corrected chi connectivity index (χ1v) is 9.27. The van der Waals surface area contributed by atoms with Gasteiger partial charge in [-0.1, -0.05) is 32.0 Å². The highest BCUT2D eigenvalue weighted by Crippen LogP contribution is 2.27. The van der Waals surface area contributed by atoms with Gasteiger partial charge in [-0.05, 0) is 60.4 Å². The fraction of sp³-hybridized carbons (Fsp3) is 0.217. The summed E-state index contributed by atoms with van der Waals surface area (Å²) >= 11 is 0. The van der Waals surface area contributed by atoms with Crippen molar-refractivity contribution in [3.63, 3.8) is 0 Å². The van der Waals surface area contributed by atoms with E-state index >= 15 is 0 Å². The topological polar surface area (TPSA) is 71.3 Å². The maximum atomic E-state index is 12.7. The second-order valence-corrected chi connectivity index (χ2v) is 6.99. The lowest BCUT2D eigenvalue weighted by Gasteiger charge is -2.16. The molecule has 0 atom stereocenters. The van der Waals surface area contributed by atoms with Crippen LogP contribution in [0.2, 0.25) is 0 Å². The molecule has 5 heteroatoms. The molecule has 0 fully saturated rings. The highest BCUT2D eigenvalue weighted by atomic mass is 16.3. The van der Waals surface area contributed by atoms with Gasteiger partial charge in [-0.2, -0.15) is 0 Å². The quantitative estimate of drug-likeness (QED) is 0.643. The van der Waals surface area contributed by atoms with E-state index in [-0.39, 0.29) is 11.8 Å². The summed E-state index contributed by atoms with van der Waals surface area (Å²) in [6.45, 7) is 6.49. The molecule has 0 radical (unpaired) electrons. The molecule has 0 spiro atoms. The van der Waals surface area contributed by atoms with E-state index in [0.717, 1.165) is 16.8 Å². The second kappa shape index (κ2) is 8.57. The molecule has 144 valence electrons. The highest BCUT2D eigenvalue weighted by molar-refractivity contribution is 6.05. The van der Waals surface area contributed by atoms with Crippen molar-refractivity contribution in [2.45, 2.75) is 33.2 Å². The monoisotopic (exact) mass is 376 g/mol. The number of hydrogen-bond donors (Lipinski definition) is 2. The van der Waals surface area contributed by atoms with E-state index in [0.29, 0.717) is 29.3 Å². The fourth-order valence-electron chi connectivity index (χ4n) is 2.98. The zero-order chi connectivity index (χ0) is 20.1. The van der Waals surface area contributed by atoms with Gasteiger partial charge in [0.1, 0.15) is 5.76 Å². The Bertz CT molecular complexity index is 958. The zero-order valence-corrected chi connectivity index (χ0v) is 16.3. The van der Waals surface area contributed by atoms with E-state index in [9.17, 15) is 9.59 Å². The molecule has 3 aromatic rings. The molecule has 5 nitrogen and oxygen atoms in total. The van der Waals surface area contributed by atoms with Crippen LogP contribution in [-0.2, 0) is 6.54 Å². The lowest BCUT2D eigenvalue weighted by molar-refractivity contribution is 0.0946. The first-order valence-electron chi connectivity index (χ1n) is 9.27. The van der Waals surface area contributed by atoms with Crippen molar-refractivity contribution >= 4 is 17.5 Å². The number of amides is 2. The second-order valence-electron chi connectivity index (χ2n) is 6.99. The smallest absolute Gasteiger partial charge is 0.255 e. The van der Waals surface area contributed by atoms with Gasteiger partial charge in [0.2, 0.25) is 0 Å². The molecule has 3 rings (SSSR count). The summed E-state index contributed by atoms with van der Waals surface area (Å²) in [6, 6.07) is 16.2. The molecule has 2 aromatic carbocycles. The Morgan fingerprint density at radius 3 is 2.21 bits per heavy atom. The van der Waals surface area contributed by atoms with Crippen LogP contribution in [-0.4, -0.2) is 11.8 Å². The van der Waals surface area contributed by atoms with Crippen LogP contribution in [0.1, 0.15) is 57.4 Å². The van der Waals surface area contributed by atoms with Crippen LogP contribution >= 0.6 is 0 Å². The minimum Gasteiger partial charge on any atom is -0.467 e. The van der Waals surface area contributed by atoms with Gasteiger partial charge in [-0.3, -0.25) is 9.59 Å². The molecule has 0 saturated heterocycles. The highest BCUT2D eigenvalue weighted by Gasteiger charge is 2.14. The summed E-state index contributed by atoms with van der Waals surface area (Å²) < 4.78 is 5.20. The van der Waals surface area contributed by atoms with Gasteiger partial charge in [-0.25, -0.2) is 0 Å². The molecule has 28 heavy (non-hydrogen) atoms. The van der Waals surface area contributed by atoms with Crippen molar-refractivity contribution in [3.05, 3.63) is 88.9 Å². The summed E-state index contributed by atoms with van der Waals surface area (Å²) in [4.78, 5) is 24.9. The molecule has 0 aliphatic carbocycles. The van der Waals surface area contributed by atoms with Crippen LogP contribution in [0.4, 0.5) is 5.69 Å². The summed E-state index contributed by atoms with van der Waals surface area (Å²) in [5.74, 6) is 0.571. The van der Waals surface area contributed by atoms with Crippen LogP contribution < -0.4 is 10.6 Å². The van der Waals surface area contributed by atoms with Gasteiger partial charge in [0.15, 0.2) is 0 Å². The van der Waals surface area contributed by atoms with Crippen molar-refractivity contribution in [1.82, 2.24) is 5.32 Å². The number of carbonyl (C=O) groups excluding carboxylic acids is 2. The standard InChI is InChI=1S/C23H24N2O3/c1-15(2)20-8-4-6-16(3)21(20)25-23(27)18-11-9-17(10-12-18)22(26)24-14-19-7-5-13-28-19/h4-13,15H,14H2,1-3H3,(H,24,26)(H,25,27). The van der Waals surface area contributed by atoms with Gasteiger partial charge in [0.05, 0.1) is 12.8 Å². The molecular formula is C23H24N2O3. The van der Waals surface area contributed by atoms with Crippen molar-refractivity contribution in [3.8, 4) is 0 Å². The van der Waals surface area contributed by atoms with Gasteiger partial charge in [0.25, 0.3) is 11.8 Å². The average Bonchev–Trinajstić information content (AvgIpc) is 3.21. The van der Waals surface area contributed by atoms with Crippen molar-refractivity contribution < 1.29 is 14.0 Å². The Labute approximate surface area is 164 Å². The molecule has 0 unspecified atom stereocenters. The summed E-state index contributed by atoms with van der Waals surface area (Å²) in [5, 5.41) is 5.80. The number of hydrogen-bond acceptors (Lipinski definition) is 3. The number of carbonyl (C=O) groups is 2. The van der Waals surface area contributed by atoms with Crippen LogP contribution in [0.5, 0.6) is 0 Å². The minimum atomic E-state index is -0.218. The molecule has 0 aliphatic rings. The van der Waals surface area contributed by atoms with Crippen LogP contribution in [0.15, 0.2) is 65.3 Å². The Morgan fingerprint density at radius 2 is 1.61 bits per heavy atom. The van der Waals surface area contributed by atoms with Crippen LogP contribution in [0, 0.1) is 6.92 Å². The molecule has 0 saturated carbocycles. The number of rotatable bonds is 6. The molecule has 1 aromatic heterocycles. The Hall–Kier alpha value is -3.34. The minimum absolute atomic E-state index is 0.196. The van der Waals surface area contributed by atoms with Crippen molar-refractivity contribution in [2.75, 3.05) is 5.32 Å². The zero-order valence-electron chi connectivity index (χ0n) is 16.3. The Kier molecular flexibility index (Phi) is 5.94. The van der Waals surface area contributed by atoms with Gasteiger partial charge >= 0.3 is 0 Å². The van der Waals surface area contributed by atoms with E-state index in [1.165, 1.54) is 0 Å². The van der Waals surface area contributed by atoms with Gasteiger partial charge in [-0.15, -0.1) is 0 Å². The first-order chi connectivity index (χ1) is 13.5. The normalized spacial score (nSPS) is 10.7. The SMILES string of the molecule is Cc1cccc(C(C)C)c1NC(=O)c1ccc(C(=O)NCc2ccco2)cc1. The number of nitrogens with one attached hydrogen (secondary N) is 2. The number of aryl methyl sites for hydroxylation is 1. The van der Waals surface area contributed by atoms with Gasteiger partial charge in [0, 0.05) is 16.8 Å². The predicted molar refractivity (Wildman–Crippen MR) is 110 cm³/mol. The number of anilines is 1. The predicted octanol–water partition coefficient (Wildman–Crippen LogP) is 4.89. The molecule has 0 bridgehead atoms. The molecule has 2 amide bonds. The average molecular weight is 376 g/mol. The van der Waals surface area contributed by atoms with Crippen molar-refractivity contribution in [2.24, 2.45) is 0 Å². The van der Waals surface area contributed by atoms with E-state index in [1.54, 1.807) is 42.7 Å². The third-order valence-electron chi connectivity index (χ3n) is 4.58. The lowest BCUT2D eigenvalue weighted by atomic mass is 9.98. The maximum Gasteiger partial charge on any atom is 0.255 e. The third-order valence-corrected chi connectivity index (χ3v) is 4.58. The summed E-state index contributed by atoms with van der Waals surface area (Å²) in [6.07, 6.45) is 1.56. The largest absolute Gasteiger partial charge is 0.467 e. The van der Waals surface area contributed by atoms with Crippen LogP contribution in [0.3, 0.4) is 0 Å². The summed E-state index contributed by atoms with van der Waals surface area (Å²) in [5.41, 5.74) is 3.96. The Balaban J connectivity index is 1.68. The third kappa shape index (κ3) is 4.49. The van der Waals surface area contributed by atoms with E-state index < -0.39 is 0 Å². The molecule has 1 heterocycles. The lowest BCUT2D eigenvalue weighted by Crippen LogP contribution is -2.22. The maximum absolute atomic E-state index is 12.7. The Morgan fingerprint density at radius 1 is 0.929 bits per heavy atom. The molecular weight excluding hydrogens is 352 g/mol. The van der Waals surface area contributed by atoms with Crippen LogP contribution in [0.25, 0.3) is 0 Å². The number of furan rings is 1.